The molecule has 12 heavy (non-hydrogen) atoms. The summed E-state index contributed by atoms with van der Waals surface area (Å²) in [4.78, 5) is 0. The molecule has 0 aliphatic carbocycles. The zero-order valence-corrected chi connectivity index (χ0v) is 6.26. The molecule has 0 spiro atoms. The highest BCUT2D eigenvalue weighted by molar-refractivity contribution is 6.35. The molecule has 4 heteroatoms. The molecule has 0 amide bonds. The first-order chi connectivity index (χ1) is 5.72. The maximum absolute atomic E-state index is 12.5. The molecule has 0 atom stereocenters. The molecule has 0 aliphatic heterocycles. The normalized spacial score (nSPS) is 9.17. The largest absolute Gasteiger partial charge is 0.558 e. The molecule has 0 saturated heterocycles. The van der Waals surface area contributed by atoms with E-state index in [1.54, 1.807) is 0 Å². The lowest BCUT2D eigenvalue weighted by Crippen LogP contribution is -1.98. The molecule has 0 heterocycles. The summed E-state index contributed by atoms with van der Waals surface area (Å²) in [6.07, 6.45) is 0. The van der Waals surface area contributed by atoms with E-state index in [0.717, 1.165) is 18.2 Å². The van der Waals surface area contributed by atoms with Gasteiger partial charge in [0.15, 0.2) is 0 Å². The first-order valence-electron chi connectivity index (χ1n) is 3.29. The van der Waals surface area contributed by atoms with Crippen LogP contribution in [0, 0.1) is 11.6 Å². The van der Waals surface area contributed by atoms with Crippen molar-refractivity contribution in [2.24, 2.45) is 0 Å². The Morgan fingerprint density at radius 1 is 1.25 bits per heavy atom. The lowest BCUT2D eigenvalue weighted by Gasteiger charge is -2.01. The van der Waals surface area contributed by atoms with Crippen molar-refractivity contribution in [2.45, 2.75) is 0 Å². The molecule has 0 bridgehead atoms. The molecule has 1 rings (SSSR count). The first-order valence-corrected chi connectivity index (χ1v) is 3.29. The molecular weight excluding hydrogens is 161 g/mol. The summed E-state index contributed by atoms with van der Waals surface area (Å²) in [6, 6.07) is 2.95. The van der Waals surface area contributed by atoms with E-state index in [9.17, 15) is 8.78 Å². The van der Waals surface area contributed by atoms with Gasteiger partial charge in [0.05, 0.1) is 0 Å². The van der Waals surface area contributed by atoms with Crippen LogP contribution in [-0.4, -0.2) is 7.48 Å². The standard InChI is InChI=1S/C8H6BF2O/c1-2-9-12-8-4-6(10)3-7(11)5-8/h2-5H,1H2. The van der Waals surface area contributed by atoms with Gasteiger partial charge < -0.3 is 4.65 Å². The lowest BCUT2D eigenvalue weighted by atomic mass is 10.0. The van der Waals surface area contributed by atoms with Crippen LogP contribution in [0.3, 0.4) is 0 Å². The van der Waals surface area contributed by atoms with E-state index in [1.165, 1.54) is 13.5 Å². The highest BCUT2D eigenvalue weighted by Gasteiger charge is 2.00. The van der Waals surface area contributed by atoms with E-state index in [1.807, 2.05) is 0 Å². The van der Waals surface area contributed by atoms with Gasteiger partial charge in [-0.25, -0.2) is 8.78 Å². The predicted octanol–water partition coefficient (Wildman–Crippen LogP) is 2.11. The van der Waals surface area contributed by atoms with Crippen molar-refractivity contribution in [1.29, 1.82) is 0 Å². The van der Waals surface area contributed by atoms with Crippen molar-refractivity contribution >= 4 is 7.48 Å². The van der Waals surface area contributed by atoms with Gasteiger partial charge in [-0.05, 0) is 0 Å². The zero-order valence-electron chi connectivity index (χ0n) is 6.26. The molecular formula is C8H6BF2O. The quantitative estimate of drug-likeness (QED) is 0.626. The Bertz CT molecular complexity index is 268. The van der Waals surface area contributed by atoms with Crippen LogP contribution in [0.2, 0.25) is 0 Å². The Kier molecular flexibility index (Phi) is 2.85. The number of benzene rings is 1. The van der Waals surface area contributed by atoms with Gasteiger partial charge in [0.2, 0.25) is 0 Å². The maximum Gasteiger partial charge on any atom is 0.400 e. The van der Waals surface area contributed by atoms with Gasteiger partial charge in [0.25, 0.3) is 0 Å². The van der Waals surface area contributed by atoms with Crippen molar-refractivity contribution in [3.63, 3.8) is 0 Å². The maximum atomic E-state index is 12.5. The highest BCUT2D eigenvalue weighted by atomic mass is 19.1. The summed E-state index contributed by atoms with van der Waals surface area (Å²) in [5.41, 5.74) is 0. The summed E-state index contributed by atoms with van der Waals surface area (Å²) in [7, 11) is 1.24. The zero-order chi connectivity index (χ0) is 8.97. The van der Waals surface area contributed by atoms with E-state index in [4.69, 9.17) is 4.65 Å². The van der Waals surface area contributed by atoms with Crippen molar-refractivity contribution in [2.75, 3.05) is 0 Å². The fraction of sp³-hybridized carbons (Fsp3) is 0. The monoisotopic (exact) mass is 167 g/mol. The smallest absolute Gasteiger partial charge is 0.400 e. The number of rotatable bonds is 3. The third kappa shape index (κ3) is 2.38. The molecule has 0 saturated carbocycles. The second-order valence-electron chi connectivity index (χ2n) is 2.09. The van der Waals surface area contributed by atoms with Crippen LogP contribution in [0.25, 0.3) is 0 Å². The molecule has 0 aliphatic rings. The summed E-state index contributed by atoms with van der Waals surface area (Å²) in [5, 5.41) is 0. The minimum Gasteiger partial charge on any atom is -0.558 e. The van der Waals surface area contributed by atoms with Gasteiger partial charge >= 0.3 is 7.48 Å². The Balaban J connectivity index is 2.78. The molecule has 1 nitrogen and oxygen atoms in total. The van der Waals surface area contributed by atoms with Crippen LogP contribution >= 0.6 is 0 Å². The van der Waals surface area contributed by atoms with Crippen molar-refractivity contribution in [1.82, 2.24) is 0 Å². The fourth-order valence-corrected chi connectivity index (χ4v) is 0.723. The second-order valence-corrected chi connectivity index (χ2v) is 2.09. The summed E-state index contributed by atoms with van der Waals surface area (Å²) in [5.74, 6) is 0.167. The molecule has 1 aromatic carbocycles. The Morgan fingerprint density at radius 2 is 1.83 bits per heavy atom. The van der Waals surface area contributed by atoms with Crippen LogP contribution in [0.15, 0.2) is 30.8 Å². The average Bonchev–Trinajstić information content (AvgIpc) is 1.99. The molecule has 61 valence electrons. The van der Waals surface area contributed by atoms with Crippen LogP contribution in [-0.2, 0) is 0 Å². The number of hydrogen-bond acceptors (Lipinski definition) is 1. The lowest BCUT2D eigenvalue weighted by molar-refractivity contribution is 0.547. The molecule has 1 radical (unpaired) electrons. The summed E-state index contributed by atoms with van der Waals surface area (Å²) in [6.45, 7) is 3.35. The van der Waals surface area contributed by atoms with Crippen LogP contribution in [0.1, 0.15) is 0 Å². The van der Waals surface area contributed by atoms with Gasteiger partial charge in [0.1, 0.15) is 17.4 Å². The van der Waals surface area contributed by atoms with Gasteiger partial charge in [-0.3, -0.25) is 0 Å². The van der Waals surface area contributed by atoms with Crippen molar-refractivity contribution in [3.05, 3.63) is 42.4 Å². The minimum atomic E-state index is -0.664. The topological polar surface area (TPSA) is 9.23 Å². The average molecular weight is 167 g/mol. The Morgan fingerprint density at radius 3 is 2.33 bits per heavy atom. The summed E-state index contributed by atoms with van der Waals surface area (Å²) < 4.78 is 29.8. The third-order valence-electron chi connectivity index (χ3n) is 1.14. The minimum absolute atomic E-state index is 0.118. The van der Waals surface area contributed by atoms with Gasteiger partial charge in [0, 0.05) is 18.2 Å². The van der Waals surface area contributed by atoms with E-state index in [-0.39, 0.29) is 5.75 Å². The first kappa shape index (κ1) is 8.78. The Hall–Kier alpha value is -1.32. The number of hydrogen-bond donors (Lipinski definition) is 0. The van der Waals surface area contributed by atoms with Crippen molar-refractivity contribution < 1.29 is 13.4 Å². The second kappa shape index (κ2) is 3.90. The highest BCUT2D eigenvalue weighted by Crippen LogP contribution is 2.14. The fourth-order valence-electron chi connectivity index (χ4n) is 0.723. The SMILES string of the molecule is C=C[B]Oc1cc(F)cc(F)c1. The number of halogens is 2. The van der Waals surface area contributed by atoms with E-state index >= 15 is 0 Å². The van der Waals surface area contributed by atoms with Crippen molar-refractivity contribution in [3.8, 4) is 5.75 Å². The van der Waals surface area contributed by atoms with E-state index in [0.29, 0.717) is 0 Å². The molecule has 0 N–H and O–H groups in total. The molecule has 0 aromatic heterocycles. The van der Waals surface area contributed by atoms with Crippen LogP contribution in [0.4, 0.5) is 8.78 Å². The summed E-state index contributed by atoms with van der Waals surface area (Å²) >= 11 is 0. The molecule has 0 unspecified atom stereocenters. The van der Waals surface area contributed by atoms with E-state index in [2.05, 4.69) is 6.58 Å². The van der Waals surface area contributed by atoms with E-state index < -0.39 is 11.6 Å². The van der Waals surface area contributed by atoms with Gasteiger partial charge in [-0.15, -0.1) is 6.58 Å². The molecule has 1 aromatic rings. The Labute approximate surface area is 69.9 Å². The predicted molar refractivity (Wildman–Crippen MR) is 42.9 cm³/mol. The third-order valence-corrected chi connectivity index (χ3v) is 1.14. The molecule has 0 fully saturated rings. The van der Waals surface area contributed by atoms with Crippen LogP contribution < -0.4 is 4.65 Å². The van der Waals surface area contributed by atoms with Gasteiger partial charge in [-0.1, -0.05) is 5.98 Å². The van der Waals surface area contributed by atoms with Gasteiger partial charge in [-0.2, -0.15) is 0 Å². The van der Waals surface area contributed by atoms with Crippen LogP contribution in [0.5, 0.6) is 5.75 Å².